The van der Waals surface area contributed by atoms with Crippen molar-refractivity contribution >= 4 is 27.5 Å². The topological polar surface area (TPSA) is 62.1 Å². The highest BCUT2D eigenvalue weighted by Gasteiger charge is 2.05. The Morgan fingerprint density at radius 2 is 2.40 bits per heavy atom. The van der Waals surface area contributed by atoms with Crippen LogP contribution in [0.15, 0.2) is 18.2 Å². The minimum Gasteiger partial charge on any atom is -0.495 e. The predicted molar refractivity (Wildman–Crippen MR) is 60.1 cm³/mol. The van der Waals surface area contributed by atoms with Crippen LogP contribution in [0.1, 0.15) is 5.56 Å². The first-order chi connectivity index (χ1) is 7.21. The molecule has 1 amide bonds. The molecule has 15 heavy (non-hydrogen) atoms. The lowest BCUT2D eigenvalue weighted by atomic mass is 10.2. The molecule has 1 N–H and O–H groups in total. The fraction of sp³-hybridized carbons (Fsp3) is 0.200. The summed E-state index contributed by atoms with van der Waals surface area (Å²) >= 11 is 3.03. The maximum Gasteiger partial charge on any atom is 0.235 e. The number of nitrogens with one attached hydrogen (secondary N) is 1. The monoisotopic (exact) mass is 268 g/mol. The second-order valence-electron chi connectivity index (χ2n) is 2.71. The molecule has 0 aliphatic heterocycles. The van der Waals surface area contributed by atoms with Crippen LogP contribution >= 0.6 is 15.9 Å². The average molecular weight is 269 g/mol. The van der Waals surface area contributed by atoms with Gasteiger partial charge in [0.1, 0.15) is 11.8 Å². The highest BCUT2D eigenvalue weighted by atomic mass is 79.9. The molecule has 0 heterocycles. The van der Waals surface area contributed by atoms with Crippen LogP contribution in [0.2, 0.25) is 0 Å². The van der Waals surface area contributed by atoms with Gasteiger partial charge in [-0.3, -0.25) is 4.79 Å². The van der Waals surface area contributed by atoms with E-state index in [-0.39, 0.29) is 11.2 Å². The van der Waals surface area contributed by atoms with Crippen molar-refractivity contribution in [3.63, 3.8) is 0 Å². The van der Waals surface area contributed by atoms with E-state index in [1.54, 1.807) is 18.2 Å². The Kier molecular flexibility index (Phi) is 4.13. The van der Waals surface area contributed by atoms with Crippen LogP contribution in [0, 0.1) is 11.3 Å². The summed E-state index contributed by atoms with van der Waals surface area (Å²) in [7, 11) is 1.49. The number of methoxy groups -OCH3 is 1. The number of ether oxygens (including phenoxy) is 1. The molecular weight excluding hydrogens is 260 g/mol. The van der Waals surface area contributed by atoms with Crippen LogP contribution in [0.5, 0.6) is 5.75 Å². The summed E-state index contributed by atoms with van der Waals surface area (Å²) in [4.78, 5) is 11.1. The van der Waals surface area contributed by atoms with Crippen molar-refractivity contribution in [1.82, 2.24) is 0 Å². The minimum absolute atomic E-state index is 0.163. The van der Waals surface area contributed by atoms with E-state index in [0.29, 0.717) is 17.0 Å². The van der Waals surface area contributed by atoms with Gasteiger partial charge in [0, 0.05) is 5.69 Å². The summed E-state index contributed by atoms with van der Waals surface area (Å²) in [6.45, 7) is 0. The van der Waals surface area contributed by atoms with E-state index in [9.17, 15) is 4.79 Å². The first kappa shape index (κ1) is 11.5. The number of rotatable bonds is 3. The Balaban J connectivity index is 2.94. The van der Waals surface area contributed by atoms with Crippen LogP contribution in [-0.4, -0.2) is 18.3 Å². The number of nitrogens with zero attached hydrogens (tertiary/aromatic N) is 1. The Labute approximate surface area is 96.0 Å². The molecule has 0 aliphatic carbocycles. The summed E-state index contributed by atoms with van der Waals surface area (Å²) in [5.41, 5.74) is 0.974. The van der Waals surface area contributed by atoms with Gasteiger partial charge in [-0.2, -0.15) is 5.26 Å². The van der Waals surface area contributed by atoms with Gasteiger partial charge in [0.15, 0.2) is 0 Å². The van der Waals surface area contributed by atoms with Gasteiger partial charge in [0.25, 0.3) is 0 Å². The maximum atomic E-state index is 11.1. The van der Waals surface area contributed by atoms with Crippen molar-refractivity contribution in [3.8, 4) is 11.8 Å². The third-order valence-electron chi connectivity index (χ3n) is 1.73. The highest BCUT2D eigenvalue weighted by Crippen LogP contribution is 2.21. The number of carbonyl (C=O) groups is 1. The Morgan fingerprint density at radius 1 is 1.67 bits per heavy atom. The van der Waals surface area contributed by atoms with E-state index in [4.69, 9.17) is 10.00 Å². The number of nitriles is 1. The molecule has 5 heteroatoms. The van der Waals surface area contributed by atoms with Crippen molar-refractivity contribution in [1.29, 1.82) is 5.26 Å². The normalized spacial score (nSPS) is 9.13. The Bertz CT molecular complexity index is 412. The van der Waals surface area contributed by atoms with E-state index in [0.717, 1.165) is 0 Å². The summed E-state index contributed by atoms with van der Waals surface area (Å²) < 4.78 is 4.98. The molecule has 1 aromatic rings. The molecule has 0 aromatic heterocycles. The summed E-state index contributed by atoms with van der Waals surface area (Å²) in [5, 5.41) is 11.7. The maximum absolute atomic E-state index is 11.1. The number of amides is 1. The molecule has 0 spiro atoms. The number of hydrogen-bond acceptors (Lipinski definition) is 3. The standard InChI is InChI=1S/C10H9BrN2O2/c1-15-9-3-2-8(4-7(9)6-12)13-10(14)5-11/h2-4H,5H2,1H3,(H,13,14). The summed E-state index contributed by atoms with van der Waals surface area (Å²) in [6, 6.07) is 6.88. The fourth-order valence-electron chi connectivity index (χ4n) is 1.07. The van der Waals surface area contributed by atoms with E-state index in [1.807, 2.05) is 6.07 Å². The van der Waals surface area contributed by atoms with Crippen molar-refractivity contribution in [3.05, 3.63) is 23.8 Å². The van der Waals surface area contributed by atoms with Gasteiger partial charge in [-0.25, -0.2) is 0 Å². The van der Waals surface area contributed by atoms with Crippen molar-refractivity contribution < 1.29 is 9.53 Å². The second kappa shape index (κ2) is 5.37. The van der Waals surface area contributed by atoms with Crippen LogP contribution in [0.4, 0.5) is 5.69 Å². The molecular formula is C10H9BrN2O2. The summed E-state index contributed by atoms with van der Waals surface area (Å²) in [5.74, 6) is 0.332. The lowest BCUT2D eigenvalue weighted by molar-refractivity contribution is -0.113. The molecule has 0 fully saturated rings. The van der Waals surface area contributed by atoms with Gasteiger partial charge >= 0.3 is 0 Å². The van der Waals surface area contributed by atoms with E-state index in [1.165, 1.54) is 7.11 Å². The zero-order valence-corrected chi connectivity index (χ0v) is 9.67. The van der Waals surface area contributed by atoms with Crippen molar-refractivity contribution in [2.45, 2.75) is 0 Å². The van der Waals surface area contributed by atoms with E-state index in [2.05, 4.69) is 21.2 Å². The fourth-order valence-corrected chi connectivity index (χ4v) is 1.21. The van der Waals surface area contributed by atoms with Crippen LogP contribution in [-0.2, 0) is 4.79 Å². The first-order valence-corrected chi connectivity index (χ1v) is 5.27. The van der Waals surface area contributed by atoms with Gasteiger partial charge in [0.2, 0.25) is 5.91 Å². The number of anilines is 1. The lowest BCUT2D eigenvalue weighted by Gasteiger charge is -2.06. The van der Waals surface area contributed by atoms with Gasteiger partial charge in [-0.1, -0.05) is 15.9 Å². The zero-order valence-electron chi connectivity index (χ0n) is 8.08. The largest absolute Gasteiger partial charge is 0.495 e. The molecule has 0 atom stereocenters. The Hall–Kier alpha value is -1.54. The molecule has 1 aromatic carbocycles. The number of benzene rings is 1. The van der Waals surface area contributed by atoms with Crippen LogP contribution in [0.3, 0.4) is 0 Å². The zero-order chi connectivity index (χ0) is 11.3. The van der Waals surface area contributed by atoms with Crippen LogP contribution in [0.25, 0.3) is 0 Å². The smallest absolute Gasteiger partial charge is 0.235 e. The molecule has 4 nitrogen and oxygen atoms in total. The third-order valence-corrected chi connectivity index (χ3v) is 2.23. The number of halogens is 1. The minimum atomic E-state index is -0.163. The average Bonchev–Trinajstić information content (AvgIpc) is 2.28. The van der Waals surface area contributed by atoms with E-state index >= 15 is 0 Å². The quantitative estimate of drug-likeness (QED) is 0.852. The third kappa shape index (κ3) is 2.96. The Morgan fingerprint density at radius 3 is 2.93 bits per heavy atom. The molecule has 0 saturated carbocycles. The molecule has 0 unspecified atom stereocenters. The molecule has 0 radical (unpaired) electrons. The van der Waals surface area contributed by atoms with E-state index < -0.39 is 0 Å². The van der Waals surface area contributed by atoms with Gasteiger partial charge in [0.05, 0.1) is 18.0 Å². The van der Waals surface area contributed by atoms with Gasteiger partial charge in [-0.15, -0.1) is 0 Å². The highest BCUT2D eigenvalue weighted by molar-refractivity contribution is 9.09. The predicted octanol–water partition coefficient (Wildman–Crippen LogP) is 1.90. The summed E-state index contributed by atoms with van der Waals surface area (Å²) in [6.07, 6.45) is 0. The van der Waals surface area contributed by atoms with Gasteiger partial charge in [-0.05, 0) is 18.2 Å². The number of alkyl halides is 1. The SMILES string of the molecule is COc1ccc(NC(=O)CBr)cc1C#N. The second-order valence-corrected chi connectivity index (χ2v) is 3.27. The molecule has 0 saturated heterocycles. The van der Waals surface area contributed by atoms with Crippen molar-refractivity contribution in [2.24, 2.45) is 0 Å². The first-order valence-electron chi connectivity index (χ1n) is 4.15. The molecule has 78 valence electrons. The van der Waals surface area contributed by atoms with Crippen molar-refractivity contribution in [2.75, 3.05) is 17.8 Å². The molecule has 1 rings (SSSR count). The number of carbonyl (C=O) groups excluding carboxylic acids is 1. The lowest BCUT2D eigenvalue weighted by Crippen LogP contribution is -2.12. The molecule has 0 bridgehead atoms. The molecule has 0 aliphatic rings. The van der Waals surface area contributed by atoms with Gasteiger partial charge < -0.3 is 10.1 Å². The van der Waals surface area contributed by atoms with Crippen LogP contribution < -0.4 is 10.1 Å². The number of hydrogen-bond donors (Lipinski definition) is 1.